The maximum Gasteiger partial charge on any atom is 0.00683 e. The van der Waals surface area contributed by atoms with Gasteiger partial charge in [0.05, 0.1) is 0 Å². The van der Waals surface area contributed by atoms with Crippen molar-refractivity contribution in [2.24, 2.45) is 11.3 Å². The van der Waals surface area contributed by atoms with Gasteiger partial charge in [0.1, 0.15) is 0 Å². The molecule has 2 rings (SSSR count). The van der Waals surface area contributed by atoms with E-state index in [9.17, 15) is 0 Å². The van der Waals surface area contributed by atoms with Crippen molar-refractivity contribution in [3.05, 3.63) is 0 Å². The number of hydrogen-bond donors (Lipinski definition) is 1. The van der Waals surface area contributed by atoms with E-state index in [0.717, 1.165) is 12.0 Å². The van der Waals surface area contributed by atoms with Crippen molar-refractivity contribution < 1.29 is 0 Å². The van der Waals surface area contributed by atoms with Gasteiger partial charge in [-0.1, -0.05) is 20.8 Å². The van der Waals surface area contributed by atoms with Gasteiger partial charge in [-0.15, -0.1) is 0 Å². The van der Waals surface area contributed by atoms with Crippen molar-refractivity contribution >= 4 is 0 Å². The van der Waals surface area contributed by atoms with Crippen LogP contribution in [0.1, 0.15) is 59.3 Å². The summed E-state index contributed by atoms with van der Waals surface area (Å²) in [4.78, 5) is 2.68. The van der Waals surface area contributed by atoms with E-state index in [1.54, 1.807) is 0 Å². The highest BCUT2D eigenvalue weighted by molar-refractivity contribution is 4.83. The summed E-state index contributed by atoms with van der Waals surface area (Å²) in [6.07, 6.45) is 8.40. The maximum atomic E-state index is 3.69. The molecule has 1 aliphatic carbocycles. The molecule has 1 saturated heterocycles. The van der Waals surface area contributed by atoms with E-state index in [2.05, 4.69) is 31.0 Å². The molecule has 106 valence electrons. The third kappa shape index (κ3) is 5.71. The molecule has 0 aromatic heterocycles. The highest BCUT2D eigenvalue weighted by atomic mass is 15.1. The average Bonchev–Trinajstić information content (AvgIpc) is 3.10. The van der Waals surface area contributed by atoms with E-state index < -0.39 is 0 Å². The van der Waals surface area contributed by atoms with Gasteiger partial charge in [-0.3, -0.25) is 0 Å². The first-order valence-corrected chi connectivity index (χ1v) is 7.99. The van der Waals surface area contributed by atoms with Crippen LogP contribution in [-0.4, -0.2) is 37.1 Å². The molecule has 1 N–H and O–H groups in total. The molecule has 0 radical (unpaired) electrons. The van der Waals surface area contributed by atoms with Gasteiger partial charge in [-0.25, -0.2) is 0 Å². The van der Waals surface area contributed by atoms with Crippen LogP contribution in [0.3, 0.4) is 0 Å². The molecule has 0 spiro atoms. The minimum absolute atomic E-state index is 0.506. The quantitative estimate of drug-likeness (QED) is 0.780. The molecule has 2 aliphatic rings. The Morgan fingerprint density at radius 3 is 2.28 bits per heavy atom. The third-order valence-corrected chi connectivity index (χ3v) is 4.38. The van der Waals surface area contributed by atoms with E-state index in [0.29, 0.717) is 5.41 Å². The Hall–Kier alpha value is -0.0800. The Morgan fingerprint density at radius 1 is 1.06 bits per heavy atom. The molecular formula is C16H32N2. The van der Waals surface area contributed by atoms with Crippen molar-refractivity contribution in [1.82, 2.24) is 10.2 Å². The highest BCUT2D eigenvalue weighted by Gasteiger charge is 2.24. The fourth-order valence-electron chi connectivity index (χ4n) is 2.87. The van der Waals surface area contributed by atoms with Crippen LogP contribution >= 0.6 is 0 Å². The predicted molar refractivity (Wildman–Crippen MR) is 78.9 cm³/mol. The minimum atomic E-state index is 0.506. The molecule has 0 atom stereocenters. The largest absolute Gasteiger partial charge is 0.314 e. The molecule has 1 heterocycles. The topological polar surface area (TPSA) is 15.3 Å². The Bertz CT molecular complexity index is 232. The summed E-state index contributed by atoms with van der Waals surface area (Å²) in [7, 11) is 0. The Kier molecular flexibility index (Phi) is 5.08. The van der Waals surface area contributed by atoms with Gasteiger partial charge in [0.2, 0.25) is 0 Å². The lowest BCUT2D eigenvalue weighted by molar-refractivity contribution is 0.173. The lowest BCUT2D eigenvalue weighted by Gasteiger charge is -2.32. The molecule has 0 aromatic rings. The van der Waals surface area contributed by atoms with Crippen LogP contribution in [0.25, 0.3) is 0 Å². The van der Waals surface area contributed by atoms with E-state index in [1.165, 1.54) is 64.7 Å². The summed E-state index contributed by atoms with van der Waals surface area (Å²) in [5.74, 6) is 0.949. The first-order chi connectivity index (χ1) is 8.53. The van der Waals surface area contributed by atoms with Gasteiger partial charge < -0.3 is 10.2 Å². The predicted octanol–water partition coefficient (Wildman–Crippen LogP) is 3.28. The van der Waals surface area contributed by atoms with Crippen molar-refractivity contribution in [3.63, 3.8) is 0 Å². The second-order valence-electron chi connectivity index (χ2n) is 7.63. The third-order valence-electron chi connectivity index (χ3n) is 4.38. The van der Waals surface area contributed by atoms with Crippen molar-refractivity contribution in [3.8, 4) is 0 Å². The Balaban J connectivity index is 1.52. The lowest BCUT2D eigenvalue weighted by atomic mass is 9.90. The second-order valence-corrected chi connectivity index (χ2v) is 7.63. The molecule has 2 heteroatoms. The van der Waals surface area contributed by atoms with Gasteiger partial charge in [0.15, 0.2) is 0 Å². The lowest BCUT2D eigenvalue weighted by Crippen LogP contribution is -2.38. The van der Waals surface area contributed by atoms with Crippen LogP contribution in [0, 0.1) is 11.3 Å². The molecule has 0 aromatic carbocycles. The fraction of sp³-hybridized carbons (Fsp3) is 1.00. The number of hydrogen-bond acceptors (Lipinski definition) is 2. The van der Waals surface area contributed by atoms with E-state index >= 15 is 0 Å². The average molecular weight is 252 g/mol. The van der Waals surface area contributed by atoms with Crippen molar-refractivity contribution in [2.45, 2.75) is 65.3 Å². The smallest absolute Gasteiger partial charge is 0.00683 e. The van der Waals surface area contributed by atoms with Gasteiger partial charge >= 0.3 is 0 Å². The summed E-state index contributed by atoms with van der Waals surface area (Å²) in [6.45, 7) is 12.3. The van der Waals surface area contributed by atoms with E-state index in [1.807, 2.05) is 0 Å². The number of nitrogens with one attached hydrogen (secondary N) is 1. The highest BCUT2D eigenvalue weighted by Crippen LogP contribution is 2.23. The number of rotatable bonds is 6. The van der Waals surface area contributed by atoms with Crippen LogP contribution < -0.4 is 5.32 Å². The second kappa shape index (κ2) is 6.38. The summed E-state index contributed by atoms with van der Waals surface area (Å²) < 4.78 is 0. The molecule has 1 aliphatic heterocycles. The van der Waals surface area contributed by atoms with Gasteiger partial charge in [-0.2, -0.15) is 0 Å². The minimum Gasteiger partial charge on any atom is -0.314 e. The molecule has 0 amide bonds. The van der Waals surface area contributed by atoms with Crippen LogP contribution in [0.2, 0.25) is 0 Å². The first kappa shape index (κ1) is 14.3. The van der Waals surface area contributed by atoms with E-state index in [4.69, 9.17) is 0 Å². The van der Waals surface area contributed by atoms with Crippen molar-refractivity contribution in [1.29, 1.82) is 0 Å². The first-order valence-electron chi connectivity index (χ1n) is 7.99. The van der Waals surface area contributed by atoms with Crippen LogP contribution in [0.4, 0.5) is 0 Å². The Morgan fingerprint density at radius 2 is 1.72 bits per heavy atom. The fourth-order valence-corrected chi connectivity index (χ4v) is 2.87. The molecule has 0 unspecified atom stereocenters. The summed E-state index contributed by atoms with van der Waals surface area (Å²) in [6, 6.07) is 0.884. The molecular weight excluding hydrogens is 220 g/mol. The zero-order valence-electron chi connectivity index (χ0n) is 12.7. The molecule has 2 nitrogen and oxygen atoms in total. The SMILES string of the molecule is CC(C)(C)CCCN1CCC(CNC2CC2)CC1. The maximum absolute atomic E-state index is 3.69. The van der Waals surface area contributed by atoms with Gasteiger partial charge in [-0.05, 0) is 76.0 Å². The monoisotopic (exact) mass is 252 g/mol. The Labute approximate surface area is 114 Å². The zero-order chi connectivity index (χ0) is 13.0. The number of likely N-dealkylation sites (tertiary alicyclic amines) is 1. The van der Waals surface area contributed by atoms with Crippen LogP contribution in [0.5, 0.6) is 0 Å². The number of nitrogens with zero attached hydrogens (tertiary/aromatic N) is 1. The summed E-state index contributed by atoms with van der Waals surface area (Å²) in [5.41, 5.74) is 0.506. The standard InChI is InChI=1S/C16H32N2/c1-16(2,3)9-4-10-18-11-7-14(8-12-18)13-17-15-5-6-15/h14-15,17H,4-13H2,1-3H3. The van der Waals surface area contributed by atoms with E-state index in [-0.39, 0.29) is 0 Å². The molecule has 0 bridgehead atoms. The molecule has 18 heavy (non-hydrogen) atoms. The van der Waals surface area contributed by atoms with Crippen molar-refractivity contribution in [2.75, 3.05) is 26.2 Å². The summed E-state index contributed by atoms with van der Waals surface area (Å²) in [5, 5.41) is 3.69. The normalized spacial score (nSPS) is 23.5. The van der Waals surface area contributed by atoms with Gasteiger partial charge in [0.25, 0.3) is 0 Å². The van der Waals surface area contributed by atoms with Crippen LogP contribution in [0.15, 0.2) is 0 Å². The molecule has 2 fully saturated rings. The zero-order valence-corrected chi connectivity index (χ0v) is 12.7. The molecule has 1 saturated carbocycles. The summed E-state index contributed by atoms with van der Waals surface area (Å²) >= 11 is 0. The number of piperidine rings is 1. The van der Waals surface area contributed by atoms with Gasteiger partial charge in [0, 0.05) is 6.04 Å². The van der Waals surface area contributed by atoms with Crippen LogP contribution in [-0.2, 0) is 0 Å².